The Balaban J connectivity index is 1.91. The van der Waals surface area contributed by atoms with Crippen molar-refractivity contribution in [2.24, 2.45) is 5.73 Å². The number of halogens is 1. The highest BCUT2D eigenvalue weighted by molar-refractivity contribution is 6.31. The number of hydrogen-bond donors (Lipinski definition) is 2. The molecule has 1 aliphatic carbocycles. The Labute approximate surface area is 128 Å². The summed E-state index contributed by atoms with van der Waals surface area (Å²) in [5.74, 6) is -0.157. The smallest absolute Gasteiger partial charge is 0.244 e. The molecule has 1 aromatic heterocycles. The van der Waals surface area contributed by atoms with Gasteiger partial charge in [-0.3, -0.25) is 4.79 Å². The van der Waals surface area contributed by atoms with Gasteiger partial charge in [-0.25, -0.2) is 4.68 Å². The van der Waals surface area contributed by atoms with E-state index in [-0.39, 0.29) is 5.91 Å². The SMILES string of the molecule is NC1(C(=O)Nc2cc(Cl)ccc2-n2cccn2)CCCC1. The average molecular weight is 305 g/mol. The van der Waals surface area contributed by atoms with E-state index in [4.69, 9.17) is 17.3 Å². The fourth-order valence-electron chi connectivity index (χ4n) is 2.70. The Kier molecular flexibility index (Phi) is 3.69. The van der Waals surface area contributed by atoms with Gasteiger partial charge in [0.15, 0.2) is 0 Å². The van der Waals surface area contributed by atoms with Crippen molar-refractivity contribution in [2.45, 2.75) is 31.2 Å². The zero-order valence-electron chi connectivity index (χ0n) is 11.6. The van der Waals surface area contributed by atoms with Crippen LogP contribution in [0, 0.1) is 0 Å². The lowest BCUT2D eigenvalue weighted by atomic mass is 9.98. The highest BCUT2D eigenvalue weighted by Gasteiger charge is 2.37. The highest BCUT2D eigenvalue weighted by Crippen LogP contribution is 2.30. The number of rotatable bonds is 3. The molecule has 5 nitrogen and oxygen atoms in total. The molecular weight excluding hydrogens is 288 g/mol. The number of nitrogens with zero attached hydrogens (tertiary/aromatic N) is 2. The van der Waals surface area contributed by atoms with Gasteiger partial charge in [-0.1, -0.05) is 24.4 Å². The summed E-state index contributed by atoms with van der Waals surface area (Å²) in [6, 6.07) is 7.13. The molecular formula is C15H17ClN4O. The predicted octanol–water partition coefficient (Wildman–Crippen LogP) is 2.74. The van der Waals surface area contributed by atoms with Gasteiger partial charge in [0.1, 0.15) is 0 Å². The maximum atomic E-state index is 12.5. The van der Waals surface area contributed by atoms with Crippen molar-refractivity contribution in [1.82, 2.24) is 9.78 Å². The fourth-order valence-corrected chi connectivity index (χ4v) is 2.87. The van der Waals surface area contributed by atoms with E-state index in [0.29, 0.717) is 10.7 Å². The van der Waals surface area contributed by atoms with Gasteiger partial charge in [-0.2, -0.15) is 5.10 Å². The number of aromatic nitrogens is 2. The first-order valence-electron chi connectivity index (χ1n) is 6.98. The van der Waals surface area contributed by atoms with Gasteiger partial charge >= 0.3 is 0 Å². The molecule has 0 spiro atoms. The summed E-state index contributed by atoms with van der Waals surface area (Å²) >= 11 is 6.04. The number of nitrogens with one attached hydrogen (secondary N) is 1. The Morgan fingerprint density at radius 3 is 2.81 bits per heavy atom. The van der Waals surface area contributed by atoms with Crippen LogP contribution in [0.2, 0.25) is 5.02 Å². The molecule has 0 aliphatic heterocycles. The first-order valence-corrected chi connectivity index (χ1v) is 7.36. The topological polar surface area (TPSA) is 72.9 Å². The largest absolute Gasteiger partial charge is 0.323 e. The van der Waals surface area contributed by atoms with E-state index in [1.807, 2.05) is 18.3 Å². The molecule has 21 heavy (non-hydrogen) atoms. The Hall–Kier alpha value is -1.85. The molecule has 0 bridgehead atoms. The molecule has 1 aliphatic rings. The number of benzene rings is 1. The van der Waals surface area contributed by atoms with Gasteiger partial charge in [-0.05, 0) is 37.1 Å². The average Bonchev–Trinajstić information content (AvgIpc) is 3.11. The van der Waals surface area contributed by atoms with E-state index in [1.165, 1.54) is 0 Å². The molecule has 1 fully saturated rings. The van der Waals surface area contributed by atoms with Crippen LogP contribution in [-0.2, 0) is 4.79 Å². The monoisotopic (exact) mass is 304 g/mol. The second-order valence-electron chi connectivity index (χ2n) is 5.43. The van der Waals surface area contributed by atoms with Crippen LogP contribution in [0.15, 0.2) is 36.7 Å². The van der Waals surface area contributed by atoms with Crippen LogP contribution < -0.4 is 11.1 Å². The summed E-state index contributed by atoms with van der Waals surface area (Å²) in [4.78, 5) is 12.5. The van der Waals surface area contributed by atoms with Crippen LogP contribution in [-0.4, -0.2) is 21.2 Å². The maximum Gasteiger partial charge on any atom is 0.244 e. The number of nitrogens with two attached hydrogens (primary N) is 1. The molecule has 2 aromatic rings. The van der Waals surface area contributed by atoms with Gasteiger partial charge in [0, 0.05) is 17.4 Å². The van der Waals surface area contributed by atoms with E-state index >= 15 is 0 Å². The van der Waals surface area contributed by atoms with Crippen molar-refractivity contribution in [3.8, 4) is 5.69 Å². The third-order valence-electron chi connectivity index (χ3n) is 3.91. The summed E-state index contributed by atoms with van der Waals surface area (Å²) in [7, 11) is 0. The Morgan fingerprint density at radius 2 is 2.14 bits per heavy atom. The maximum absolute atomic E-state index is 12.5. The minimum absolute atomic E-state index is 0.157. The number of hydrogen-bond acceptors (Lipinski definition) is 3. The quantitative estimate of drug-likeness (QED) is 0.915. The van der Waals surface area contributed by atoms with Gasteiger partial charge in [0.25, 0.3) is 0 Å². The van der Waals surface area contributed by atoms with Gasteiger partial charge in [0.05, 0.1) is 16.9 Å². The number of amides is 1. The molecule has 0 atom stereocenters. The van der Waals surface area contributed by atoms with Gasteiger partial charge in [0.2, 0.25) is 5.91 Å². The van der Waals surface area contributed by atoms with E-state index in [9.17, 15) is 4.79 Å². The van der Waals surface area contributed by atoms with Crippen molar-refractivity contribution in [1.29, 1.82) is 0 Å². The fraction of sp³-hybridized carbons (Fsp3) is 0.333. The molecule has 1 amide bonds. The first kappa shape index (κ1) is 14.1. The molecule has 1 saturated carbocycles. The Morgan fingerprint density at radius 1 is 1.38 bits per heavy atom. The van der Waals surface area contributed by atoms with Crippen molar-refractivity contribution < 1.29 is 4.79 Å². The van der Waals surface area contributed by atoms with E-state index < -0.39 is 5.54 Å². The third-order valence-corrected chi connectivity index (χ3v) is 4.14. The molecule has 110 valence electrons. The van der Waals surface area contributed by atoms with Crippen LogP contribution in [0.25, 0.3) is 5.69 Å². The van der Waals surface area contributed by atoms with E-state index in [2.05, 4.69) is 10.4 Å². The van der Waals surface area contributed by atoms with E-state index in [0.717, 1.165) is 31.4 Å². The lowest BCUT2D eigenvalue weighted by Gasteiger charge is -2.23. The summed E-state index contributed by atoms with van der Waals surface area (Å²) in [6.07, 6.45) is 6.91. The van der Waals surface area contributed by atoms with Crippen LogP contribution in [0.1, 0.15) is 25.7 Å². The van der Waals surface area contributed by atoms with Crippen LogP contribution >= 0.6 is 11.6 Å². The van der Waals surface area contributed by atoms with Gasteiger partial charge in [-0.15, -0.1) is 0 Å². The van der Waals surface area contributed by atoms with Crippen LogP contribution in [0.3, 0.4) is 0 Å². The lowest BCUT2D eigenvalue weighted by molar-refractivity contribution is -0.121. The van der Waals surface area contributed by atoms with Crippen molar-refractivity contribution in [3.63, 3.8) is 0 Å². The third kappa shape index (κ3) is 2.80. The first-order chi connectivity index (χ1) is 10.1. The summed E-state index contributed by atoms with van der Waals surface area (Å²) in [5.41, 5.74) is 6.80. The zero-order chi connectivity index (χ0) is 14.9. The highest BCUT2D eigenvalue weighted by atomic mass is 35.5. The molecule has 0 saturated heterocycles. The molecule has 0 unspecified atom stereocenters. The summed E-state index contributed by atoms with van der Waals surface area (Å²) in [5, 5.41) is 7.66. The minimum atomic E-state index is -0.774. The summed E-state index contributed by atoms with van der Waals surface area (Å²) < 4.78 is 1.68. The predicted molar refractivity (Wildman–Crippen MR) is 82.6 cm³/mol. The molecule has 3 N–H and O–H groups in total. The second-order valence-corrected chi connectivity index (χ2v) is 5.87. The van der Waals surface area contributed by atoms with Crippen LogP contribution in [0.4, 0.5) is 5.69 Å². The van der Waals surface area contributed by atoms with Crippen molar-refractivity contribution in [2.75, 3.05) is 5.32 Å². The number of carbonyl (C=O) groups is 1. The second kappa shape index (κ2) is 5.50. The molecule has 1 heterocycles. The normalized spacial score (nSPS) is 16.9. The molecule has 1 aromatic carbocycles. The van der Waals surface area contributed by atoms with Crippen molar-refractivity contribution >= 4 is 23.2 Å². The van der Waals surface area contributed by atoms with Crippen molar-refractivity contribution in [3.05, 3.63) is 41.7 Å². The molecule has 6 heteroatoms. The minimum Gasteiger partial charge on any atom is -0.323 e. The summed E-state index contributed by atoms with van der Waals surface area (Å²) in [6.45, 7) is 0. The van der Waals surface area contributed by atoms with E-state index in [1.54, 1.807) is 23.0 Å². The Bertz CT molecular complexity index is 648. The van der Waals surface area contributed by atoms with Crippen LogP contribution in [0.5, 0.6) is 0 Å². The standard InChI is InChI=1S/C15H17ClN4O/c16-11-4-5-13(20-9-3-8-18-20)12(10-11)19-14(21)15(17)6-1-2-7-15/h3-5,8-10H,1-2,6-7,17H2,(H,19,21). The number of anilines is 1. The number of carbonyl (C=O) groups excluding carboxylic acids is 1. The molecule has 0 radical (unpaired) electrons. The zero-order valence-corrected chi connectivity index (χ0v) is 12.3. The van der Waals surface area contributed by atoms with Gasteiger partial charge < -0.3 is 11.1 Å². The lowest BCUT2D eigenvalue weighted by Crippen LogP contribution is -2.48. The molecule has 3 rings (SSSR count).